The van der Waals surface area contributed by atoms with Crippen molar-refractivity contribution in [3.63, 3.8) is 0 Å². The summed E-state index contributed by atoms with van der Waals surface area (Å²) in [4.78, 5) is 35.9. The Bertz CT molecular complexity index is 1360. The second-order valence-corrected chi connectivity index (χ2v) is 8.56. The zero-order valence-electron chi connectivity index (χ0n) is 23.3. The van der Waals surface area contributed by atoms with Gasteiger partial charge in [-0.3, -0.25) is 19.9 Å². The lowest BCUT2D eigenvalue weighted by molar-refractivity contribution is -0.0980. The van der Waals surface area contributed by atoms with Gasteiger partial charge in [-0.2, -0.15) is 0 Å². The smallest absolute Gasteiger partial charge is 0.159 e. The van der Waals surface area contributed by atoms with E-state index in [1.54, 1.807) is 19.9 Å². The number of rotatable bonds is 10. The highest BCUT2D eigenvalue weighted by atomic mass is 16.6. The van der Waals surface area contributed by atoms with E-state index in [4.69, 9.17) is 9.63 Å². The van der Waals surface area contributed by atoms with Crippen molar-refractivity contribution >= 4 is 46.8 Å². The van der Waals surface area contributed by atoms with Crippen LogP contribution in [-0.4, -0.2) is 32.5 Å². The van der Waals surface area contributed by atoms with E-state index in [2.05, 4.69) is 21.4 Å². The van der Waals surface area contributed by atoms with Crippen LogP contribution >= 0.6 is 0 Å². The van der Waals surface area contributed by atoms with Crippen molar-refractivity contribution in [2.75, 3.05) is 35.5 Å². The summed E-state index contributed by atoms with van der Waals surface area (Å²) in [7, 11) is 3.76. The third-order valence-corrected chi connectivity index (χ3v) is 5.67. The Morgan fingerprint density at radius 1 is 0.625 bits per heavy atom. The molecule has 4 N–H and O–H groups in total. The van der Waals surface area contributed by atoms with E-state index in [-0.39, 0.29) is 11.6 Å². The molecule has 0 radical (unpaired) electrons. The Balaban J connectivity index is 0.000000265. The molecule has 40 heavy (non-hydrogen) atoms. The highest BCUT2D eigenvalue weighted by Crippen LogP contribution is 2.19. The minimum atomic E-state index is 0.0570. The molecule has 0 unspecified atom stereocenters. The molecule has 0 aliphatic heterocycles. The minimum absolute atomic E-state index is 0.0570. The molecule has 4 aromatic rings. The van der Waals surface area contributed by atoms with E-state index < -0.39 is 0 Å². The maximum absolute atomic E-state index is 11.3. The van der Waals surface area contributed by atoms with Crippen LogP contribution in [0.25, 0.3) is 0 Å². The molecule has 4 rings (SSSR count). The number of benzene rings is 4. The van der Waals surface area contributed by atoms with Crippen molar-refractivity contribution in [3.05, 3.63) is 114 Å². The Labute approximate surface area is 235 Å². The summed E-state index contributed by atoms with van der Waals surface area (Å²) in [5.41, 5.74) is 10.2. The highest BCUT2D eigenvalue weighted by molar-refractivity contribution is 5.94. The van der Waals surface area contributed by atoms with Gasteiger partial charge in [-0.15, -0.1) is 0 Å². The lowest BCUT2D eigenvalue weighted by atomic mass is 10.1. The molecule has 8 nitrogen and oxygen atoms in total. The monoisotopic (exact) mass is 540 g/mol. The van der Waals surface area contributed by atoms with Crippen LogP contribution in [0, 0.1) is 0 Å². The van der Waals surface area contributed by atoms with E-state index in [9.17, 15) is 9.59 Å². The van der Waals surface area contributed by atoms with Gasteiger partial charge in [-0.1, -0.05) is 24.3 Å². The third kappa shape index (κ3) is 10.4. The van der Waals surface area contributed by atoms with Crippen LogP contribution in [-0.2, 0) is 16.2 Å². The first-order valence-corrected chi connectivity index (χ1v) is 12.6. The minimum Gasteiger partial charge on any atom is -0.388 e. The molecule has 0 aliphatic rings. The van der Waals surface area contributed by atoms with Crippen LogP contribution in [0.4, 0.5) is 28.4 Å². The predicted octanol–water partition coefficient (Wildman–Crippen LogP) is 6.96. The van der Waals surface area contributed by atoms with Crippen LogP contribution in [0.3, 0.4) is 0 Å². The van der Waals surface area contributed by atoms with Crippen LogP contribution in [0.5, 0.6) is 0 Å². The molecule has 0 fully saturated rings. The summed E-state index contributed by atoms with van der Waals surface area (Å²) in [5.74, 6) is 0.140. The summed E-state index contributed by atoms with van der Waals surface area (Å²) in [5, 5.41) is 9.42. The molecule has 0 aliphatic carbocycles. The summed E-state index contributed by atoms with van der Waals surface area (Å²) < 4.78 is 0. The highest BCUT2D eigenvalue weighted by Gasteiger charge is 2.02. The van der Waals surface area contributed by atoms with E-state index in [1.165, 1.54) is 0 Å². The number of carbonyl (C=O) groups excluding carboxylic acids is 3. The average molecular weight is 541 g/mol. The van der Waals surface area contributed by atoms with Crippen molar-refractivity contribution in [2.24, 2.45) is 0 Å². The number of ketones is 2. The van der Waals surface area contributed by atoms with Gasteiger partial charge in [0, 0.05) is 48.0 Å². The molecule has 8 heteroatoms. The predicted molar refractivity (Wildman–Crippen MR) is 164 cm³/mol. The summed E-state index contributed by atoms with van der Waals surface area (Å²) in [6, 6.07) is 30.7. The lowest BCUT2D eigenvalue weighted by Gasteiger charge is -2.09. The number of Topliss-reactive ketones (excluding diaryl/α,β-unsaturated/α-hetero) is 2. The Hall–Kier alpha value is -4.95. The molecule has 4 aromatic carbocycles. The first kappa shape index (κ1) is 31.3. The molecule has 0 saturated heterocycles. The van der Waals surface area contributed by atoms with E-state index in [0.29, 0.717) is 12.2 Å². The molecular formula is C32H36N4O4. The van der Waals surface area contributed by atoms with E-state index in [1.807, 2.05) is 112 Å². The maximum atomic E-state index is 11.3. The number of nitrogens with one attached hydrogen (secondary N) is 4. The second-order valence-electron chi connectivity index (χ2n) is 8.56. The van der Waals surface area contributed by atoms with Gasteiger partial charge in [0.2, 0.25) is 0 Å². The molecule has 0 aromatic heterocycles. The van der Waals surface area contributed by atoms with Crippen molar-refractivity contribution in [1.29, 1.82) is 0 Å². The standard InChI is InChI=1S/C16H18N2O2.C15H16N2O.CH2O/c1-12(19)14-6-3-5-13(9-14)11-20-18-16-8-4-7-15(10-16)17-2;1-11(18)12-3-5-14(6-4-12)17-15-9-7-13(16-2)8-10-15;1-2/h3-10,17-18H,11H2,1-2H3;3-10,16-17H,1-2H3;1H2. The summed E-state index contributed by atoms with van der Waals surface area (Å²) in [6.45, 7) is 5.52. The van der Waals surface area contributed by atoms with Crippen molar-refractivity contribution in [3.8, 4) is 0 Å². The maximum Gasteiger partial charge on any atom is 0.159 e. The fraction of sp³-hybridized carbons (Fsp3) is 0.156. The fourth-order valence-electron chi connectivity index (χ4n) is 3.50. The first-order valence-electron chi connectivity index (χ1n) is 12.6. The number of hydrogen-bond acceptors (Lipinski definition) is 8. The van der Waals surface area contributed by atoms with Crippen molar-refractivity contribution < 1.29 is 19.2 Å². The van der Waals surface area contributed by atoms with Gasteiger partial charge < -0.3 is 20.7 Å². The summed E-state index contributed by atoms with van der Waals surface area (Å²) >= 11 is 0. The Morgan fingerprint density at radius 3 is 1.73 bits per heavy atom. The normalized spacial score (nSPS) is 9.60. The topological polar surface area (TPSA) is 109 Å². The molecule has 0 saturated carbocycles. The number of hydrogen-bond donors (Lipinski definition) is 4. The molecular weight excluding hydrogens is 504 g/mol. The van der Waals surface area contributed by atoms with Crippen molar-refractivity contribution in [2.45, 2.75) is 20.5 Å². The molecule has 208 valence electrons. The van der Waals surface area contributed by atoms with E-state index >= 15 is 0 Å². The van der Waals surface area contributed by atoms with Crippen LogP contribution in [0.15, 0.2) is 97.1 Å². The quantitative estimate of drug-likeness (QED) is 0.126. The zero-order chi connectivity index (χ0) is 29.3. The molecule has 0 atom stereocenters. The van der Waals surface area contributed by atoms with E-state index in [0.717, 1.165) is 39.6 Å². The molecule has 0 heterocycles. The van der Waals surface area contributed by atoms with Crippen LogP contribution in [0.2, 0.25) is 0 Å². The fourth-order valence-corrected chi connectivity index (χ4v) is 3.50. The average Bonchev–Trinajstić information content (AvgIpc) is 2.99. The van der Waals surface area contributed by atoms with Gasteiger partial charge in [-0.05, 0) is 92.2 Å². The van der Waals surface area contributed by atoms with Crippen molar-refractivity contribution in [1.82, 2.24) is 0 Å². The Morgan fingerprint density at radius 2 is 1.15 bits per heavy atom. The van der Waals surface area contributed by atoms with Gasteiger partial charge in [0.25, 0.3) is 0 Å². The first-order chi connectivity index (χ1) is 19.4. The summed E-state index contributed by atoms with van der Waals surface area (Å²) in [6.07, 6.45) is 0. The van der Waals surface area contributed by atoms with Crippen LogP contribution < -0.4 is 21.4 Å². The van der Waals surface area contributed by atoms with Gasteiger partial charge >= 0.3 is 0 Å². The second kappa shape index (κ2) is 16.8. The van der Waals surface area contributed by atoms with Crippen LogP contribution in [0.1, 0.15) is 40.1 Å². The lowest BCUT2D eigenvalue weighted by Crippen LogP contribution is -2.03. The Kier molecular flexibility index (Phi) is 13.1. The zero-order valence-corrected chi connectivity index (χ0v) is 23.3. The number of anilines is 5. The molecule has 0 amide bonds. The molecule has 0 spiro atoms. The van der Waals surface area contributed by atoms with Gasteiger partial charge in [0.05, 0.1) is 12.3 Å². The third-order valence-electron chi connectivity index (χ3n) is 5.67. The molecule has 0 bridgehead atoms. The number of carbonyl (C=O) groups is 3. The largest absolute Gasteiger partial charge is 0.388 e. The van der Waals surface area contributed by atoms with Gasteiger partial charge in [-0.25, -0.2) is 0 Å². The van der Waals surface area contributed by atoms with Gasteiger partial charge in [0.1, 0.15) is 6.79 Å². The SMILES string of the molecule is C=O.CNc1ccc(Nc2ccc(C(C)=O)cc2)cc1.CNc1cccc(NOCc2cccc(C(C)=O)c2)c1. The van der Waals surface area contributed by atoms with Gasteiger partial charge in [0.15, 0.2) is 11.6 Å².